The number of carbonyl (C=O) groups is 2. The second kappa shape index (κ2) is 9.32. The highest BCUT2D eigenvalue weighted by molar-refractivity contribution is 7.89. The number of nitro groups is 1. The minimum atomic E-state index is -3.78. The van der Waals surface area contributed by atoms with Gasteiger partial charge < -0.3 is 4.90 Å². The van der Waals surface area contributed by atoms with E-state index in [1.807, 2.05) is 4.90 Å². The molecular formula is C20H23N5O6S. The summed E-state index contributed by atoms with van der Waals surface area (Å²) in [5, 5.41) is 10.9. The number of benzene rings is 2. The summed E-state index contributed by atoms with van der Waals surface area (Å²) < 4.78 is 26.1. The molecule has 32 heavy (non-hydrogen) atoms. The summed E-state index contributed by atoms with van der Waals surface area (Å²) in [5.41, 5.74) is 4.87. The molecule has 3 rings (SSSR count). The second-order valence-electron chi connectivity index (χ2n) is 7.38. The van der Waals surface area contributed by atoms with E-state index in [-0.39, 0.29) is 21.7 Å². The molecule has 12 heteroatoms. The van der Waals surface area contributed by atoms with Gasteiger partial charge in [0.05, 0.1) is 15.4 Å². The number of anilines is 1. The van der Waals surface area contributed by atoms with E-state index in [9.17, 15) is 28.1 Å². The summed E-state index contributed by atoms with van der Waals surface area (Å²) in [6.07, 6.45) is 1.89. The summed E-state index contributed by atoms with van der Waals surface area (Å²) in [5.74, 6) is -1.46. The summed E-state index contributed by atoms with van der Waals surface area (Å²) in [4.78, 5) is 37.5. The molecule has 1 aliphatic rings. The molecular weight excluding hydrogens is 438 g/mol. The fourth-order valence-electron chi connectivity index (χ4n) is 3.32. The van der Waals surface area contributed by atoms with Gasteiger partial charge in [-0.15, -0.1) is 0 Å². The van der Waals surface area contributed by atoms with Crippen molar-refractivity contribution >= 4 is 33.2 Å². The quantitative estimate of drug-likeness (QED) is 0.491. The molecule has 0 saturated carbocycles. The standard InChI is InChI=1S/C20H23N5O6S/c1-23(2)32(30,31)16-8-9-18(24-10-3-4-11-24)17(13-16)20(27)22-21-19(26)14-6-5-7-15(12-14)25(28)29/h5-9,12-13H,3-4,10-11H2,1-2H3,(H,21,26)(H,22,27). The van der Waals surface area contributed by atoms with Crippen LogP contribution < -0.4 is 15.8 Å². The number of non-ortho nitro benzene ring substituents is 1. The lowest BCUT2D eigenvalue weighted by atomic mass is 10.1. The van der Waals surface area contributed by atoms with Crippen LogP contribution in [0.3, 0.4) is 0 Å². The minimum Gasteiger partial charge on any atom is -0.371 e. The van der Waals surface area contributed by atoms with Gasteiger partial charge in [-0.3, -0.25) is 30.6 Å². The third kappa shape index (κ3) is 4.86. The van der Waals surface area contributed by atoms with Gasteiger partial charge in [-0.1, -0.05) is 6.07 Å². The molecule has 0 spiro atoms. The molecule has 0 unspecified atom stereocenters. The molecule has 0 radical (unpaired) electrons. The third-order valence-electron chi connectivity index (χ3n) is 5.05. The van der Waals surface area contributed by atoms with Crippen molar-refractivity contribution in [2.75, 3.05) is 32.1 Å². The van der Waals surface area contributed by atoms with Crippen molar-refractivity contribution in [2.45, 2.75) is 17.7 Å². The molecule has 170 valence electrons. The van der Waals surface area contributed by atoms with Gasteiger partial charge in [-0.05, 0) is 37.1 Å². The Labute approximate surface area is 185 Å². The summed E-state index contributed by atoms with van der Waals surface area (Å²) in [6.45, 7) is 1.44. The van der Waals surface area contributed by atoms with Crippen LogP contribution in [0.2, 0.25) is 0 Å². The zero-order valence-corrected chi connectivity index (χ0v) is 18.4. The predicted molar refractivity (Wildman–Crippen MR) is 117 cm³/mol. The summed E-state index contributed by atoms with van der Waals surface area (Å²) in [6, 6.07) is 9.36. The van der Waals surface area contributed by atoms with Gasteiger partial charge in [0.1, 0.15) is 0 Å². The van der Waals surface area contributed by atoms with Crippen molar-refractivity contribution in [3.05, 3.63) is 63.7 Å². The molecule has 2 N–H and O–H groups in total. The Bertz CT molecular complexity index is 1160. The summed E-state index contributed by atoms with van der Waals surface area (Å²) >= 11 is 0. The molecule has 0 aromatic heterocycles. The molecule has 0 aliphatic carbocycles. The Morgan fingerprint density at radius 1 is 1.03 bits per heavy atom. The Balaban J connectivity index is 1.86. The highest BCUT2D eigenvalue weighted by atomic mass is 32.2. The van der Waals surface area contributed by atoms with Crippen molar-refractivity contribution in [1.29, 1.82) is 0 Å². The molecule has 11 nitrogen and oxygen atoms in total. The largest absolute Gasteiger partial charge is 0.371 e. The number of carbonyl (C=O) groups excluding carboxylic acids is 2. The fourth-order valence-corrected chi connectivity index (χ4v) is 4.24. The number of nitrogens with one attached hydrogen (secondary N) is 2. The van der Waals surface area contributed by atoms with Crippen LogP contribution in [0, 0.1) is 10.1 Å². The number of nitro benzene ring substituents is 1. The lowest BCUT2D eigenvalue weighted by molar-refractivity contribution is -0.384. The molecule has 1 fully saturated rings. The maximum absolute atomic E-state index is 12.9. The van der Waals surface area contributed by atoms with Gasteiger partial charge in [0.15, 0.2) is 0 Å². The van der Waals surface area contributed by atoms with Gasteiger partial charge in [0.25, 0.3) is 17.5 Å². The van der Waals surface area contributed by atoms with Crippen molar-refractivity contribution < 1.29 is 22.9 Å². The van der Waals surface area contributed by atoms with E-state index in [0.717, 1.165) is 36.3 Å². The van der Waals surface area contributed by atoms with Crippen molar-refractivity contribution in [1.82, 2.24) is 15.2 Å². The van der Waals surface area contributed by atoms with Crippen molar-refractivity contribution in [3.63, 3.8) is 0 Å². The lowest BCUT2D eigenvalue weighted by Gasteiger charge is -2.22. The van der Waals surface area contributed by atoms with Crippen LogP contribution in [0.5, 0.6) is 0 Å². The Kier molecular flexibility index (Phi) is 6.75. The first-order valence-corrected chi connectivity index (χ1v) is 11.2. The van der Waals surface area contributed by atoms with E-state index in [4.69, 9.17) is 0 Å². The average molecular weight is 462 g/mol. The van der Waals surface area contributed by atoms with Crippen molar-refractivity contribution in [2.24, 2.45) is 0 Å². The van der Waals surface area contributed by atoms with Crippen LogP contribution >= 0.6 is 0 Å². The Morgan fingerprint density at radius 2 is 1.69 bits per heavy atom. The molecule has 2 amide bonds. The number of hydrogen-bond donors (Lipinski definition) is 2. The third-order valence-corrected chi connectivity index (χ3v) is 6.86. The molecule has 0 atom stereocenters. The van der Waals surface area contributed by atoms with Gasteiger partial charge in [-0.2, -0.15) is 0 Å². The number of hydrogen-bond acceptors (Lipinski definition) is 7. The smallest absolute Gasteiger partial charge is 0.271 e. The van der Waals surface area contributed by atoms with Crippen LogP contribution in [0.1, 0.15) is 33.6 Å². The number of nitrogens with zero attached hydrogens (tertiary/aromatic N) is 3. The van der Waals surface area contributed by atoms with E-state index in [1.54, 1.807) is 6.07 Å². The number of sulfonamides is 1. The first kappa shape index (κ1) is 23.2. The monoisotopic (exact) mass is 461 g/mol. The molecule has 1 aliphatic heterocycles. The number of rotatable bonds is 6. The zero-order valence-electron chi connectivity index (χ0n) is 17.6. The normalized spacial score (nSPS) is 13.8. The zero-order chi connectivity index (χ0) is 23.5. The van der Waals surface area contributed by atoms with Crippen LogP contribution in [-0.2, 0) is 10.0 Å². The first-order valence-electron chi connectivity index (χ1n) is 9.78. The fraction of sp³-hybridized carbons (Fsp3) is 0.300. The van der Waals surface area contributed by atoms with Gasteiger partial charge in [-0.25, -0.2) is 12.7 Å². The van der Waals surface area contributed by atoms with Crippen molar-refractivity contribution in [3.8, 4) is 0 Å². The minimum absolute atomic E-state index is 0.0109. The highest BCUT2D eigenvalue weighted by Crippen LogP contribution is 2.28. The molecule has 2 aromatic carbocycles. The van der Waals surface area contributed by atoms with E-state index >= 15 is 0 Å². The Morgan fingerprint density at radius 3 is 2.31 bits per heavy atom. The molecule has 2 aromatic rings. The average Bonchev–Trinajstić information content (AvgIpc) is 3.31. The molecule has 1 saturated heterocycles. The van der Waals surface area contributed by atoms with Crippen LogP contribution in [0.4, 0.5) is 11.4 Å². The van der Waals surface area contributed by atoms with Gasteiger partial charge in [0, 0.05) is 50.6 Å². The van der Waals surface area contributed by atoms with E-state index < -0.39 is 26.8 Å². The SMILES string of the molecule is CN(C)S(=O)(=O)c1ccc(N2CCCC2)c(C(=O)NNC(=O)c2cccc([N+](=O)[O-])c2)c1. The lowest BCUT2D eigenvalue weighted by Crippen LogP contribution is -2.42. The topological polar surface area (TPSA) is 142 Å². The number of hydrazine groups is 1. The first-order chi connectivity index (χ1) is 15.1. The van der Waals surface area contributed by atoms with E-state index in [2.05, 4.69) is 10.9 Å². The summed E-state index contributed by atoms with van der Waals surface area (Å²) in [7, 11) is -0.994. The molecule has 0 bridgehead atoms. The van der Waals surface area contributed by atoms with Gasteiger partial charge >= 0.3 is 0 Å². The van der Waals surface area contributed by atoms with Crippen LogP contribution in [-0.4, -0.2) is 56.6 Å². The maximum atomic E-state index is 12.9. The molecule has 1 heterocycles. The number of amides is 2. The second-order valence-corrected chi connectivity index (χ2v) is 9.53. The van der Waals surface area contributed by atoms with E-state index in [0.29, 0.717) is 5.69 Å². The van der Waals surface area contributed by atoms with Crippen LogP contribution in [0.25, 0.3) is 0 Å². The van der Waals surface area contributed by atoms with Crippen LogP contribution in [0.15, 0.2) is 47.4 Å². The Hall–Kier alpha value is -3.51. The maximum Gasteiger partial charge on any atom is 0.271 e. The van der Waals surface area contributed by atoms with E-state index in [1.165, 1.54) is 44.4 Å². The van der Waals surface area contributed by atoms with Gasteiger partial charge in [0.2, 0.25) is 10.0 Å². The highest BCUT2D eigenvalue weighted by Gasteiger charge is 2.25. The predicted octanol–water partition coefficient (Wildman–Crippen LogP) is 1.52.